The molecule has 0 radical (unpaired) electrons. The number of fused-ring (bicyclic) bond motifs is 1. The van der Waals surface area contributed by atoms with Crippen LogP contribution in [0.3, 0.4) is 0 Å². The van der Waals surface area contributed by atoms with Crippen LogP contribution in [0, 0.1) is 6.92 Å². The number of rotatable bonds is 3. The molecule has 2 heterocycles. The SMILES string of the molecule is COc1cc(N)cc2sc(NC(=O)c3cnoc3C)nc12. The van der Waals surface area contributed by atoms with Gasteiger partial charge in [0.1, 0.15) is 22.6 Å². The number of carbonyl (C=O) groups excluding carboxylic acids is 1. The van der Waals surface area contributed by atoms with E-state index in [0.29, 0.717) is 33.4 Å². The molecule has 0 unspecified atom stereocenters. The van der Waals surface area contributed by atoms with Gasteiger partial charge in [-0.25, -0.2) is 4.98 Å². The lowest BCUT2D eigenvalue weighted by Crippen LogP contribution is -2.11. The molecule has 0 aliphatic rings. The first-order valence-electron chi connectivity index (χ1n) is 6.05. The molecular weight excluding hydrogens is 292 g/mol. The van der Waals surface area contributed by atoms with Crippen LogP contribution in [0.15, 0.2) is 22.9 Å². The highest BCUT2D eigenvalue weighted by Crippen LogP contribution is 2.34. The summed E-state index contributed by atoms with van der Waals surface area (Å²) in [4.78, 5) is 16.5. The summed E-state index contributed by atoms with van der Waals surface area (Å²) in [5.41, 5.74) is 7.41. The molecular formula is C13H12N4O3S. The molecule has 0 saturated heterocycles. The Morgan fingerprint density at radius 3 is 2.95 bits per heavy atom. The molecule has 0 saturated carbocycles. The Hall–Kier alpha value is -2.61. The quantitative estimate of drug-likeness (QED) is 0.720. The molecule has 108 valence electrons. The molecule has 0 bridgehead atoms. The minimum Gasteiger partial charge on any atom is -0.494 e. The van der Waals surface area contributed by atoms with E-state index in [4.69, 9.17) is 15.0 Å². The minimum atomic E-state index is -0.320. The lowest BCUT2D eigenvalue weighted by atomic mass is 10.2. The molecule has 0 aliphatic heterocycles. The molecule has 8 heteroatoms. The van der Waals surface area contributed by atoms with Crippen LogP contribution in [0.2, 0.25) is 0 Å². The number of benzene rings is 1. The third kappa shape index (κ3) is 2.40. The summed E-state index contributed by atoms with van der Waals surface area (Å²) in [5, 5.41) is 6.75. The standard InChI is InChI=1S/C13H12N4O3S/c1-6-8(5-15-20-6)12(18)17-13-16-11-9(19-2)3-7(14)4-10(11)21-13/h3-5H,14H2,1-2H3,(H,16,17,18). The summed E-state index contributed by atoms with van der Waals surface area (Å²) in [6.07, 6.45) is 1.37. The second-order valence-electron chi connectivity index (χ2n) is 4.34. The maximum Gasteiger partial charge on any atom is 0.262 e. The van der Waals surface area contributed by atoms with Gasteiger partial charge in [0.2, 0.25) is 0 Å². The van der Waals surface area contributed by atoms with Gasteiger partial charge in [0.15, 0.2) is 5.13 Å². The van der Waals surface area contributed by atoms with Crippen LogP contribution in [0.1, 0.15) is 16.1 Å². The number of methoxy groups -OCH3 is 1. The van der Waals surface area contributed by atoms with Crippen molar-refractivity contribution in [3.05, 3.63) is 29.7 Å². The molecule has 3 aromatic rings. The first kappa shape index (κ1) is 13.4. The Morgan fingerprint density at radius 1 is 1.48 bits per heavy atom. The smallest absolute Gasteiger partial charge is 0.262 e. The van der Waals surface area contributed by atoms with Crippen molar-refractivity contribution in [1.29, 1.82) is 0 Å². The van der Waals surface area contributed by atoms with Gasteiger partial charge in [-0.2, -0.15) is 0 Å². The Bertz CT molecular complexity index is 824. The zero-order valence-electron chi connectivity index (χ0n) is 11.3. The van der Waals surface area contributed by atoms with E-state index < -0.39 is 0 Å². The van der Waals surface area contributed by atoms with Gasteiger partial charge in [-0.1, -0.05) is 16.5 Å². The number of carbonyl (C=O) groups is 1. The second-order valence-corrected chi connectivity index (χ2v) is 5.37. The van der Waals surface area contributed by atoms with Crippen LogP contribution in [-0.2, 0) is 0 Å². The average Bonchev–Trinajstić information content (AvgIpc) is 3.03. The van der Waals surface area contributed by atoms with E-state index in [2.05, 4.69) is 15.5 Å². The van der Waals surface area contributed by atoms with E-state index in [-0.39, 0.29) is 5.91 Å². The third-order valence-corrected chi connectivity index (χ3v) is 3.84. The van der Waals surface area contributed by atoms with Gasteiger partial charge in [0, 0.05) is 11.8 Å². The van der Waals surface area contributed by atoms with Gasteiger partial charge in [-0.05, 0) is 13.0 Å². The van der Waals surface area contributed by atoms with Crippen molar-refractivity contribution in [2.24, 2.45) is 0 Å². The molecule has 0 fully saturated rings. The maximum absolute atomic E-state index is 12.1. The number of nitrogens with zero attached hydrogens (tertiary/aromatic N) is 2. The average molecular weight is 304 g/mol. The van der Waals surface area contributed by atoms with Gasteiger partial charge in [0.05, 0.1) is 18.0 Å². The number of thiazole rings is 1. The van der Waals surface area contributed by atoms with E-state index in [9.17, 15) is 4.79 Å². The van der Waals surface area contributed by atoms with E-state index in [1.54, 1.807) is 26.2 Å². The van der Waals surface area contributed by atoms with E-state index in [1.807, 2.05) is 0 Å². The van der Waals surface area contributed by atoms with Crippen LogP contribution in [0.25, 0.3) is 10.2 Å². The normalized spacial score (nSPS) is 10.8. The second kappa shape index (κ2) is 5.06. The summed E-state index contributed by atoms with van der Waals surface area (Å²) in [7, 11) is 1.55. The first-order chi connectivity index (χ1) is 10.1. The molecule has 2 aromatic heterocycles. The highest BCUT2D eigenvalue weighted by Gasteiger charge is 2.16. The zero-order valence-corrected chi connectivity index (χ0v) is 12.2. The molecule has 0 aliphatic carbocycles. The van der Waals surface area contributed by atoms with Gasteiger partial charge in [-0.3, -0.25) is 10.1 Å². The lowest BCUT2D eigenvalue weighted by molar-refractivity contribution is 0.102. The molecule has 0 atom stereocenters. The number of ether oxygens (including phenoxy) is 1. The van der Waals surface area contributed by atoms with Crippen LogP contribution in [0.4, 0.5) is 10.8 Å². The summed E-state index contributed by atoms with van der Waals surface area (Å²) in [5.74, 6) is 0.707. The predicted molar refractivity (Wildman–Crippen MR) is 79.8 cm³/mol. The van der Waals surface area contributed by atoms with Gasteiger partial charge in [-0.15, -0.1) is 0 Å². The third-order valence-electron chi connectivity index (χ3n) is 2.92. The number of hydrogen-bond acceptors (Lipinski definition) is 7. The number of nitrogens with one attached hydrogen (secondary N) is 1. The summed E-state index contributed by atoms with van der Waals surface area (Å²) >= 11 is 1.32. The number of aromatic nitrogens is 2. The predicted octanol–water partition coefficient (Wildman–Crippen LogP) is 2.44. The van der Waals surface area contributed by atoms with Crippen LogP contribution < -0.4 is 15.8 Å². The Labute approximate surface area is 123 Å². The van der Waals surface area contributed by atoms with Crippen molar-refractivity contribution >= 4 is 38.3 Å². The van der Waals surface area contributed by atoms with E-state index in [1.165, 1.54) is 17.5 Å². The number of hydrogen-bond donors (Lipinski definition) is 2. The number of aryl methyl sites for hydroxylation is 1. The highest BCUT2D eigenvalue weighted by molar-refractivity contribution is 7.22. The summed E-state index contributed by atoms with van der Waals surface area (Å²) in [6.45, 7) is 1.67. The molecule has 21 heavy (non-hydrogen) atoms. The van der Waals surface area contributed by atoms with Gasteiger partial charge < -0.3 is 15.0 Å². The van der Waals surface area contributed by atoms with E-state index in [0.717, 1.165) is 4.70 Å². The maximum atomic E-state index is 12.1. The molecule has 0 spiro atoms. The topological polar surface area (TPSA) is 103 Å². The molecule has 1 aromatic carbocycles. The fourth-order valence-electron chi connectivity index (χ4n) is 1.91. The number of amides is 1. The Balaban J connectivity index is 1.95. The van der Waals surface area contributed by atoms with Crippen molar-refractivity contribution in [3.8, 4) is 5.75 Å². The van der Waals surface area contributed by atoms with Crippen LogP contribution >= 0.6 is 11.3 Å². The zero-order chi connectivity index (χ0) is 15.0. The molecule has 7 nitrogen and oxygen atoms in total. The molecule has 3 rings (SSSR count). The Morgan fingerprint density at radius 2 is 2.29 bits per heavy atom. The number of nitrogen functional groups attached to an aromatic ring is 1. The monoisotopic (exact) mass is 304 g/mol. The number of nitrogens with two attached hydrogens (primary N) is 1. The van der Waals surface area contributed by atoms with E-state index >= 15 is 0 Å². The lowest BCUT2D eigenvalue weighted by Gasteiger charge is -2.01. The Kier molecular flexibility index (Phi) is 3.22. The number of anilines is 2. The first-order valence-corrected chi connectivity index (χ1v) is 6.87. The summed E-state index contributed by atoms with van der Waals surface area (Å²) < 4.78 is 11.0. The highest BCUT2D eigenvalue weighted by atomic mass is 32.1. The fourth-order valence-corrected chi connectivity index (χ4v) is 2.84. The van der Waals surface area contributed by atoms with Crippen LogP contribution in [0.5, 0.6) is 5.75 Å². The fraction of sp³-hybridized carbons (Fsp3) is 0.154. The molecule has 3 N–H and O–H groups in total. The van der Waals surface area contributed by atoms with Crippen molar-refractivity contribution in [1.82, 2.24) is 10.1 Å². The largest absolute Gasteiger partial charge is 0.494 e. The minimum absolute atomic E-state index is 0.320. The van der Waals surface area contributed by atoms with Crippen molar-refractivity contribution < 1.29 is 14.1 Å². The van der Waals surface area contributed by atoms with Crippen molar-refractivity contribution in [2.75, 3.05) is 18.2 Å². The van der Waals surface area contributed by atoms with Crippen molar-refractivity contribution in [3.63, 3.8) is 0 Å². The van der Waals surface area contributed by atoms with Crippen molar-refractivity contribution in [2.45, 2.75) is 6.92 Å². The van der Waals surface area contributed by atoms with Gasteiger partial charge >= 0.3 is 0 Å². The molecule has 1 amide bonds. The van der Waals surface area contributed by atoms with Crippen LogP contribution in [-0.4, -0.2) is 23.2 Å². The summed E-state index contributed by atoms with van der Waals surface area (Å²) in [6, 6.07) is 3.48. The van der Waals surface area contributed by atoms with Gasteiger partial charge in [0.25, 0.3) is 5.91 Å².